The highest BCUT2D eigenvalue weighted by Gasteiger charge is 2.22. The quantitative estimate of drug-likeness (QED) is 0.516. The van der Waals surface area contributed by atoms with Gasteiger partial charge in [-0.3, -0.25) is 14.7 Å². The third kappa shape index (κ3) is 4.15. The Morgan fingerprint density at radius 2 is 2.00 bits per heavy atom. The normalized spacial score (nSPS) is 13.7. The maximum Gasteiger partial charge on any atom is 0.255 e. The molecule has 0 unspecified atom stereocenters. The molecule has 0 radical (unpaired) electrons. The number of nitrogens with one attached hydrogen (secondary N) is 1. The van der Waals surface area contributed by atoms with Crippen molar-refractivity contribution < 1.29 is 4.74 Å². The van der Waals surface area contributed by atoms with Crippen LogP contribution in [0.5, 0.6) is 5.75 Å². The van der Waals surface area contributed by atoms with E-state index < -0.39 is 0 Å². The lowest BCUT2D eigenvalue weighted by Gasteiger charge is -2.27. The zero-order chi connectivity index (χ0) is 21.2. The molecule has 0 amide bonds. The van der Waals surface area contributed by atoms with Gasteiger partial charge in [-0.25, -0.2) is 4.98 Å². The average Bonchev–Trinajstić information content (AvgIpc) is 3.28. The summed E-state index contributed by atoms with van der Waals surface area (Å²) in [4.78, 5) is 29.3. The molecule has 4 aromatic rings. The van der Waals surface area contributed by atoms with Crippen molar-refractivity contribution in [2.75, 3.05) is 13.7 Å². The molecule has 7 heteroatoms. The van der Waals surface area contributed by atoms with E-state index in [9.17, 15) is 4.79 Å². The van der Waals surface area contributed by atoms with Gasteiger partial charge in [-0.1, -0.05) is 0 Å². The van der Waals surface area contributed by atoms with Crippen LogP contribution in [0.25, 0.3) is 21.8 Å². The smallest absolute Gasteiger partial charge is 0.255 e. The number of aromatic nitrogens is 3. The number of rotatable bonds is 5. The number of H-pyrrole nitrogens is 1. The minimum atomic E-state index is -0.0568. The summed E-state index contributed by atoms with van der Waals surface area (Å²) in [6.45, 7) is 2.32. The first-order chi connectivity index (χ1) is 15.2. The summed E-state index contributed by atoms with van der Waals surface area (Å²) in [5.41, 5.74) is 3.62. The number of hydrogen-bond acceptors (Lipinski definition) is 6. The van der Waals surface area contributed by atoms with Crippen molar-refractivity contribution in [3.8, 4) is 27.6 Å². The maximum atomic E-state index is 12.7. The Bertz CT molecular complexity index is 1250. The molecule has 0 aliphatic carbocycles. The second kappa shape index (κ2) is 8.45. The molecule has 0 atom stereocenters. The van der Waals surface area contributed by atoms with Crippen LogP contribution in [0.2, 0.25) is 0 Å². The zero-order valence-electron chi connectivity index (χ0n) is 17.2. The van der Waals surface area contributed by atoms with Crippen LogP contribution in [0.1, 0.15) is 16.1 Å². The molecule has 1 aromatic carbocycles. The van der Waals surface area contributed by atoms with Crippen LogP contribution >= 0.6 is 11.3 Å². The van der Waals surface area contributed by atoms with Crippen molar-refractivity contribution in [2.45, 2.75) is 19.5 Å². The predicted octanol–water partition coefficient (Wildman–Crippen LogP) is 4.13. The fourth-order valence-corrected chi connectivity index (χ4v) is 4.90. The Hall–Kier alpha value is -3.29. The van der Waals surface area contributed by atoms with Crippen LogP contribution in [0.4, 0.5) is 0 Å². The van der Waals surface area contributed by atoms with Crippen LogP contribution in [0.15, 0.2) is 65.7 Å². The standard InChI is InChI=1S/C24H22N4O2S/c1-30-18-6-4-16(5-7-18)22-9-8-19(31-22)14-28-12-10-21-20(15-28)24(29)27-23(26-21)17-3-2-11-25-13-17/h2-9,11,13H,10,12,14-15H2,1H3,(H,26,27,29). The van der Waals surface area contributed by atoms with Gasteiger partial charge in [0.15, 0.2) is 0 Å². The van der Waals surface area contributed by atoms with E-state index in [0.29, 0.717) is 12.4 Å². The van der Waals surface area contributed by atoms with Gasteiger partial charge in [0.25, 0.3) is 5.56 Å². The number of hydrogen-bond donors (Lipinski definition) is 1. The molecule has 3 aromatic heterocycles. The van der Waals surface area contributed by atoms with Gasteiger partial charge < -0.3 is 9.72 Å². The van der Waals surface area contributed by atoms with Gasteiger partial charge in [0.2, 0.25) is 0 Å². The van der Waals surface area contributed by atoms with Gasteiger partial charge in [0.05, 0.1) is 18.4 Å². The summed E-state index contributed by atoms with van der Waals surface area (Å²) in [6, 6.07) is 16.2. The first-order valence-electron chi connectivity index (χ1n) is 10.2. The lowest BCUT2D eigenvalue weighted by molar-refractivity contribution is 0.244. The van der Waals surface area contributed by atoms with Crippen molar-refractivity contribution in [3.05, 3.63) is 87.4 Å². The number of thiophene rings is 1. The van der Waals surface area contributed by atoms with Crippen LogP contribution in [-0.2, 0) is 19.5 Å². The Kier molecular flexibility index (Phi) is 5.36. The molecule has 0 spiro atoms. The summed E-state index contributed by atoms with van der Waals surface area (Å²) in [5, 5.41) is 0. The molecule has 4 heterocycles. The van der Waals surface area contributed by atoms with E-state index in [0.717, 1.165) is 42.1 Å². The van der Waals surface area contributed by atoms with Gasteiger partial charge in [0.1, 0.15) is 11.6 Å². The van der Waals surface area contributed by atoms with Crippen LogP contribution in [0, 0.1) is 0 Å². The van der Waals surface area contributed by atoms with E-state index in [4.69, 9.17) is 9.72 Å². The van der Waals surface area contributed by atoms with Crippen LogP contribution in [0.3, 0.4) is 0 Å². The number of nitrogens with zero attached hydrogens (tertiary/aromatic N) is 3. The van der Waals surface area contributed by atoms with E-state index in [1.165, 1.54) is 15.3 Å². The van der Waals surface area contributed by atoms with Gasteiger partial charge >= 0.3 is 0 Å². The van der Waals surface area contributed by atoms with E-state index >= 15 is 0 Å². The summed E-state index contributed by atoms with van der Waals surface area (Å²) in [6.07, 6.45) is 4.20. The Morgan fingerprint density at radius 1 is 1.13 bits per heavy atom. The van der Waals surface area contributed by atoms with Gasteiger partial charge in [0, 0.05) is 53.8 Å². The number of fused-ring (bicyclic) bond motifs is 1. The molecule has 1 N–H and O–H groups in total. The fourth-order valence-electron chi connectivity index (χ4n) is 3.85. The molecule has 0 bridgehead atoms. The molecular weight excluding hydrogens is 408 g/mol. The Labute approximate surface area is 184 Å². The molecule has 1 aliphatic rings. The fraction of sp³-hybridized carbons (Fsp3) is 0.208. The highest BCUT2D eigenvalue weighted by atomic mass is 32.1. The summed E-state index contributed by atoms with van der Waals surface area (Å²) in [5.74, 6) is 1.45. The predicted molar refractivity (Wildman–Crippen MR) is 122 cm³/mol. The number of ether oxygens (including phenoxy) is 1. The molecule has 31 heavy (non-hydrogen) atoms. The zero-order valence-corrected chi connectivity index (χ0v) is 18.0. The second-order valence-corrected chi connectivity index (χ2v) is 8.70. The van der Waals surface area contributed by atoms with E-state index in [2.05, 4.69) is 39.1 Å². The van der Waals surface area contributed by atoms with E-state index in [1.54, 1.807) is 30.8 Å². The SMILES string of the molecule is COc1ccc(-c2ccc(CN3CCc4nc(-c5cccnc5)[nH]c(=O)c4C3)s2)cc1. The third-order valence-corrected chi connectivity index (χ3v) is 6.62. The Balaban J connectivity index is 1.31. The maximum absolute atomic E-state index is 12.7. The van der Waals surface area contributed by atoms with Crippen molar-refractivity contribution in [3.63, 3.8) is 0 Å². The number of benzene rings is 1. The molecule has 0 saturated carbocycles. The summed E-state index contributed by atoms with van der Waals surface area (Å²) >= 11 is 1.79. The lowest BCUT2D eigenvalue weighted by atomic mass is 10.1. The minimum absolute atomic E-state index is 0.0568. The van der Waals surface area contributed by atoms with Crippen molar-refractivity contribution >= 4 is 11.3 Å². The molecule has 156 valence electrons. The second-order valence-electron chi connectivity index (χ2n) is 7.54. The largest absolute Gasteiger partial charge is 0.497 e. The number of aromatic amines is 1. The third-order valence-electron chi connectivity index (χ3n) is 5.50. The topological polar surface area (TPSA) is 71.1 Å². The molecule has 0 fully saturated rings. The molecule has 6 nitrogen and oxygen atoms in total. The molecular formula is C24H22N4O2S. The Morgan fingerprint density at radius 3 is 2.77 bits per heavy atom. The van der Waals surface area contributed by atoms with Crippen molar-refractivity contribution in [2.24, 2.45) is 0 Å². The average molecular weight is 431 g/mol. The summed E-state index contributed by atoms with van der Waals surface area (Å²) < 4.78 is 5.24. The van der Waals surface area contributed by atoms with E-state index in [-0.39, 0.29) is 5.56 Å². The molecule has 5 rings (SSSR count). The number of methoxy groups -OCH3 is 1. The number of pyridine rings is 1. The van der Waals surface area contributed by atoms with Gasteiger partial charge in [-0.05, 0) is 54.1 Å². The minimum Gasteiger partial charge on any atom is -0.497 e. The van der Waals surface area contributed by atoms with Crippen molar-refractivity contribution in [1.29, 1.82) is 0 Å². The van der Waals surface area contributed by atoms with Gasteiger partial charge in [-0.2, -0.15) is 0 Å². The summed E-state index contributed by atoms with van der Waals surface area (Å²) in [7, 11) is 1.68. The highest BCUT2D eigenvalue weighted by molar-refractivity contribution is 7.15. The highest BCUT2D eigenvalue weighted by Crippen LogP contribution is 2.31. The van der Waals surface area contributed by atoms with E-state index in [1.807, 2.05) is 24.3 Å². The van der Waals surface area contributed by atoms with Crippen LogP contribution < -0.4 is 10.3 Å². The lowest BCUT2D eigenvalue weighted by Crippen LogP contribution is -2.35. The molecule has 1 aliphatic heterocycles. The van der Waals surface area contributed by atoms with Crippen molar-refractivity contribution in [1.82, 2.24) is 19.9 Å². The monoisotopic (exact) mass is 430 g/mol. The van der Waals surface area contributed by atoms with Gasteiger partial charge in [-0.15, -0.1) is 11.3 Å². The first-order valence-corrected chi connectivity index (χ1v) is 11.0. The van der Waals surface area contributed by atoms with Crippen LogP contribution in [-0.4, -0.2) is 33.5 Å². The first kappa shape index (κ1) is 19.7. The molecule has 0 saturated heterocycles.